The molecule has 1 aromatic rings. The van der Waals surface area contributed by atoms with Gasteiger partial charge in [-0.15, -0.1) is 24.0 Å². The summed E-state index contributed by atoms with van der Waals surface area (Å²) in [6.45, 7) is 6.54. The smallest absolute Gasteiger partial charge is 0.193 e. The third-order valence-corrected chi connectivity index (χ3v) is 6.57. The fourth-order valence-corrected chi connectivity index (χ4v) is 5.05. The second-order valence-corrected chi connectivity index (χ2v) is 8.41. The number of likely N-dealkylation sites (tertiary alicyclic amines) is 2. The summed E-state index contributed by atoms with van der Waals surface area (Å²) in [5.74, 6) is 1.06. The van der Waals surface area contributed by atoms with Crippen LogP contribution in [0, 0.1) is 0 Å². The van der Waals surface area contributed by atoms with E-state index < -0.39 is 0 Å². The maximum atomic E-state index is 6.23. The Labute approximate surface area is 193 Å². The summed E-state index contributed by atoms with van der Waals surface area (Å²) >= 11 is 0. The predicted molar refractivity (Wildman–Crippen MR) is 130 cm³/mol. The van der Waals surface area contributed by atoms with Gasteiger partial charge in [-0.25, -0.2) is 0 Å². The summed E-state index contributed by atoms with van der Waals surface area (Å²) in [5, 5.41) is 3.56. The Morgan fingerprint density at radius 2 is 1.97 bits per heavy atom. The second-order valence-electron chi connectivity index (χ2n) is 8.41. The maximum Gasteiger partial charge on any atom is 0.193 e. The van der Waals surface area contributed by atoms with E-state index >= 15 is 0 Å². The van der Waals surface area contributed by atoms with Crippen LogP contribution in [0.3, 0.4) is 0 Å². The van der Waals surface area contributed by atoms with Crippen molar-refractivity contribution < 1.29 is 4.74 Å². The van der Waals surface area contributed by atoms with Crippen molar-refractivity contribution in [1.29, 1.82) is 0 Å². The largest absolute Gasteiger partial charge is 0.373 e. The molecule has 3 aliphatic rings. The molecule has 0 aromatic heterocycles. The van der Waals surface area contributed by atoms with Crippen LogP contribution in [0.25, 0.3) is 0 Å². The highest BCUT2D eigenvalue weighted by atomic mass is 127. The summed E-state index contributed by atoms with van der Waals surface area (Å²) in [4.78, 5) is 9.62. The lowest BCUT2D eigenvalue weighted by molar-refractivity contribution is 0.0397. The number of fused-ring (bicyclic) bond motifs is 1. The van der Waals surface area contributed by atoms with Gasteiger partial charge in [-0.1, -0.05) is 24.3 Å². The number of benzene rings is 1. The van der Waals surface area contributed by atoms with Crippen molar-refractivity contribution in [3.63, 3.8) is 0 Å². The molecule has 162 valence electrons. The number of rotatable bonds is 6. The first-order valence-corrected chi connectivity index (χ1v) is 11.2. The number of hydrogen-bond acceptors (Lipinski definition) is 3. The van der Waals surface area contributed by atoms with Crippen LogP contribution < -0.4 is 5.32 Å². The van der Waals surface area contributed by atoms with E-state index in [0.29, 0.717) is 0 Å². The fourth-order valence-electron chi connectivity index (χ4n) is 5.05. The normalized spacial score (nSPS) is 25.0. The molecular weight excluding hydrogens is 475 g/mol. The predicted octanol–water partition coefficient (Wildman–Crippen LogP) is 3.83. The molecule has 0 radical (unpaired) electrons. The average Bonchev–Trinajstić information content (AvgIpc) is 3.42. The van der Waals surface area contributed by atoms with Crippen molar-refractivity contribution in [3.05, 3.63) is 35.4 Å². The molecule has 29 heavy (non-hydrogen) atoms. The number of halogens is 1. The number of guanidine groups is 1. The van der Waals surface area contributed by atoms with Crippen LogP contribution in [0.15, 0.2) is 29.3 Å². The van der Waals surface area contributed by atoms with E-state index in [9.17, 15) is 0 Å². The monoisotopic (exact) mass is 512 g/mol. The molecule has 2 aliphatic heterocycles. The van der Waals surface area contributed by atoms with Crippen molar-refractivity contribution in [2.75, 3.05) is 46.4 Å². The van der Waals surface area contributed by atoms with E-state index in [-0.39, 0.29) is 30.1 Å². The van der Waals surface area contributed by atoms with Gasteiger partial charge in [0, 0.05) is 39.3 Å². The van der Waals surface area contributed by atoms with Gasteiger partial charge >= 0.3 is 0 Å². The number of ether oxygens (including phenoxy) is 1. The molecule has 6 heteroatoms. The number of nitrogens with one attached hydrogen (secondary N) is 1. The second kappa shape index (κ2) is 11.5. The molecule has 2 fully saturated rings. The highest BCUT2D eigenvalue weighted by Gasteiger charge is 2.30. The summed E-state index contributed by atoms with van der Waals surface area (Å²) < 4.78 is 6.23. The van der Waals surface area contributed by atoms with E-state index in [0.717, 1.165) is 51.1 Å². The zero-order valence-corrected chi connectivity index (χ0v) is 20.1. The van der Waals surface area contributed by atoms with E-state index in [4.69, 9.17) is 4.74 Å². The number of hydrogen-bond donors (Lipinski definition) is 1. The third-order valence-electron chi connectivity index (χ3n) is 6.57. The average molecular weight is 512 g/mol. The molecule has 2 saturated heterocycles. The van der Waals surface area contributed by atoms with Crippen LogP contribution in [-0.4, -0.2) is 68.2 Å². The lowest BCUT2D eigenvalue weighted by Crippen LogP contribution is -2.43. The summed E-state index contributed by atoms with van der Waals surface area (Å²) in [7, 11) is 1.90. The molecule has 2 atom stereocenters. The highest BCUT2D eigenvalue weighted by Crippen LogP contribution is 2.32. The molecule has 0 saturated carbocycles. The number of aliphatic imine (C=N–C) groups is 1. The summed E-state index contributed by atoms with van der Waals surface area (Å²) in [5.41, 5.74) is 2.88. The Morgan fingerprint density at radius 3 is 2.79 bits per heavy atom. The molecule has 0 amide bonds. The minimum atomic E-state index is 0. The standard InChI is InChI=1S/C23H36N4O.HI/c1-24-23(27-16-12-20(18-27)26-14-4-5-15-26)25-13-7-17-28-22-11-6-9-19-8-2-3-10-21(19)22;/h2-3,8,10,20,22H,4-7,9,11-18H2,1H3,(H,24,25);1H. The molecule has 2 heterocycles. The first-order valence-electron chi connectivity index (χ1n) is 11.2. The molecule has 5 nitrogen and oxygen atoms in total. The zero-order chi connectivity index (χ0) is 19.2. The van der Waals surface area contributed by atoms with Gasteiger partial charge in [0.25, 0.3) is 0 Å². The van der Waals surface area contributed by atoms with Gasteiger partial charge in [0.15, 0.2) is 5.96 Å². The molecule has 0 bridgehead atoms. The van der Waals surface area contributed by atoms with E-state index in [1.165, 1.54) is 56.3 Å². The number of aryl methyl sites for hydroxylation is 1. The highest BCUT2D eigenvalue weighted by molar-refractivity contribution is 14.0. The molecule has 4 rings (SSSR count). The molecule has 1 aliphatic carbocycles. The zero-order valence-electron chi connectivity index (χ0n) is 17.8. The maximum absolute atomic E-state index is 6.23. The summed E-state index contributed by atoms with van der Waals surface area (Å²) in [6, 6.07) is 9.49. The van der Waals surface area contributed by atoms with Crippen LogP contribution in [0.2, 0.25) is 0 Å². The van der Waals surface area contributed by atoms with Crippen LogP contribution in [0.1, 0.15) is 55.8 Å². The van der Waals surface area contributed by atoms with Gasteiger partial charge in [0.05, 0.1) is 6.10 Å². The quantitative estimate of drug-likeness (QED) is 0.272. The lowest BCUT2D eigenvalue weighted by Gasteiger charge is -2.26. The molecule has 2 unspecified atom stereocenters. The third kappa shape index (κ3) is 5.85. The number of nitrogens with zero attached hydrogens (tertiary/aromatic N) is 3. The van der Waals surface area contributed by atoms with Gasteiger partial charge in [0.2, 0.25) is 0 Å². The SMILES string of the molecule is CN=C(NCCCOC1CCCc2ccccc21)N1CCC(N2CCCC2)C1.I. The Balaban J connectivity index is 0.00000240. The lowest BCUT2D eigenvalue weighted by atomic mass is 9.89. The minimum Gasteiger partial charge on any atom is -0.373 e. The van der Waals surface area contributed by atoms with Crippen molar-refractivity contribution >= 4 is 29.9 Å². The molecule has 0 spiro atoms. The van der Waals surface area contributed by atoms with Crippen LogP contribution in [0.4, 0.5) is 0 Å². The minimum absolute atomic E-state index is 0. The van der Waals surface area contributed by atoms with E-state index in [1.807, 2.05) is 7.05 Å². The van der Waals surface area contributed by atoms with Crippen molar-refractivity contribution in [2.45, 2.75) is 57.1 Å². The van der Waals surface area contributed by atoms with E-state index in [2.05, 4.69) is 44.4 Å². The van der Waals surface area contributed by atoms with Gasteiger partial charge in [-0.05, 0) is 69.2 Å². The molecular formula is C23H37IN4O. The molecule has 1 aromatic carbocycles. The Bertz CT molecular complexity index is 662. The Hall–Kier alpha value is -0.860. The summed E-state index contributed by atoms with van der Waals surface area (Å²) in [6.07, 6.45) is 8.89. The fraction of sp³-hybridized carbons (Fsp3) is 0.696. The first-order chi connectivity index (χ1) is 13.8. The van der Waals surface area contributed by atoms with Crippen LogP contribution >= 0.6 is 24.0 Å². The van der Waals surface area contributed by atoms with Gasteiger partial charge in [0.1, 0.15) is 0 Å². The van der Waals surface area contributed by atoms with Gasteiger partial charge in [-0.2, -0.15) is 0 Å². The molecule has 1 N–H and O–H groups in total. The van der Waals surface area contributed by atoms with Gasteiger partial charge < -0.3 is 15.0 Å². The first kappa shape index (κ1) is 22.8. The van der Waals surface area contributed by atoms with Crippen molar-refractivity contribution in [3.8, 4) is 0 Å². The van der Waals surface area contributed by atoms with Crippen LogP contribution in [-0.2, 0) is 11.2 Å². The Morgan fingerprint density at radius 1 is 1.14 bits per heavy atom. The van der Waals surface area contributed by atoms with Crippen molar-refractivity contribution in [2.24, 2.45) is 4.99 Å². The Kier molecular flexibility index (Phi) is 9.06. The van der Waals surface area contributed by atoms with Crippen molar-refractivity contribution in [1.82, 2.24) is 15.1 Å². The van der Waals surface area contributed by atoms with Gasteiger partial charge in [-0.3, -0.25) is 9.89 Å². The topological polar surface area (TPSA) is 40.1 Å². The van der Waals surface area contributed by atoms with Crippen LogP contribution in [0.5, 0.6) is 0 Å². The van der Waals surface area contributed by atoms with E-state index in [1.54, 1.807) is 0 Å².